The van der Waals surface area contributed by atoms with E-state index in [9.17, 15) is 0 Å². The third-order valence-electron chi connectivity index (χ3n) is 4.55. The molecule has 0 radical (unpaired) electrons. The Morgan fingerprint density at radius 1 is 1.19 bits per heavy atom. The number of nitrogens with one attached hydrogen (secondary N) is 1. The van der Waals surface area contributed by atoms with Crippen LogP contribution in [0.5, 0.6) is 0 Å². The molecular weight excluding hydrogens is 256 g/mol. The van der Waals surface area contributed by atoms with Gasteiger partial charge in [0.05, 0.1) is 0 Å². The summed E-state index contributed by atoms with van der Waals surface area (Å²) in [4.78, 5) is 4.09. The molecule has 1 aliphatic rings. The van der Waals surface area contributed by atoms with E-state index < -0.39 is 0 Å². The van der Waals surface area contributed by atoms with Gasteiger partial charge < -0.3 is 5.32 Å². The molecule has 2 atom stereocenters. The second-order valence-electron chi connectivity index (χ2n) is 5.98. The van der Waals surface area contributed by atoms with Crippen molar-refractivity contribution in [1.82, 2.24) is 10.3 Å². The topological polar surface area (TPSA) is 24.9 Å². The number of rotatable bonds is 7. The van der Waals surface area contributed by atoms with Gasteiger partial charge in [-0.15, -0.1) is 0 Å². The first-order valence-electron chi connectivity index (χ1n) is 8.07. The van der Waals surface area contributed by atoms with Gasteiger partial charge in [-0.05, 0) is 67.0 Å². The minimum Gasteiger partial charge on any atom is -0.314 e. The SMILES string of the molecule is CCNC(CCc1ccncc1)CC1Cc2ccccc21. The highest BCUT2D eigenvalue weighted by molar-refractivity contribution is 5.39. The second kappa shape index (κ2) is 6.86. The predicted octanol–water partition coefficient (Wildman–Crippen LogP) is 3.72. The van der Waals surface area contributed by atoms with Crippen molar-refractivity contribution in [3.63, 3.8) is 0 Å². The maximum atomic E-state index is 4.09. The van der Waals surface area contributed by atoms with Crippen LogP contribution in [-0.4, -0.2) is 17.6 Å². The molecule has 2 heteroatoms. The van der Waals surface area contributed by atoms with E-state index in [0.717, 1.165) is 18.9 Å². The molecule has 2 unspecified atom stereocenters. The molecule has 2 aromatic rings. The molecule has 0 spiro atoms. The maximum Gasteiger partial charge on any atom is 0.0270 e. The van der Waals surface area contributed by atoms with E-state index in [1.54, 1.807) is 11.1 Å². The van der Waals surface area contributed by atoms with E-state index in [2.05, 4.69) is 53.6 Å². The smallest absolute Gasteiger partial charge is 0.0270 e. The predicted molar refractivity (Wildman–Crippen MR) is 87.5 cm³/mol. The van der Waals surface area contributed by atoms with Gasteiger partial charge in [0, 0.05) is 18.4 Å². The van der Waals surface area contributed by atoms with E-state index in [0.29, 0.717) is 6.04 Å². The number of aryl methyl sites for hydroxylation is 1. The Morgan fingerprint density at radius 3 is 2.76 bits per heavy atom. The van der Waals surface area contributed by atoms with Crippen molar-refractivity contribution in [3.05, 3.63) is 65.5 Å². The molecule has 1 aliphatic carbocycles. The van der Waals surface area contributed by atoms with Crippen LogP contribution in [0.3, 0.4) is 0 Å². The minimum absolute atomic E-state index is 0.613. The molecule has 0 amide bonds. The third-order valence-corrected chi connectivity index (χ3v) is 4.55. The summed E-state index contributed by atoms with van der Waals surface area (Å²) < 4.78 is 0. The Balaban J connectivity index is 1.56. The summed E-state index contributed by atoms with van der Waals surface area (Å²) in [6, 6.07) is 13.8. The molecule has 0 saturated carbocycles. The fraction of sp³-hybridized carbons (Fsp3) is 0.421. The first-order valence-corrected chi connectivity index (χ1v) is 8.07. The lowest BCUT2D eigenvalue weighted by molar-refractivity contribution is 0.405. The van der Waals surface area contributed by atoms with Crippen LogP contribution in [0, 0.1) is 0 Å². The molecular formula is C19H24N2. The number of fused-ring (bicyclic) bond motifs is 1. The number of hydrogen-bond donors (Lipinski definition) is 1. The summed E-state index contributed by atoms with van der Waals surface area (Å²) in [6.07, 6.45) is 8.63. The monoisotopic (exact) mass is 280 g/mol. The van der Waals surface area contributed by atoms with Crippen molar-refractivity contribution >= 4 is 0 Å². The molecule has 1 N–H and O–H groups in total. The molecule has 0 fully saturated rings. The largest absolute Gasteiger partial charge is 0.314 e. The molecule has 110 valence electrons. The Kier molecular flexibility index (Phi) is 4.66. The van der Waals surface area contributed by atoms with Crippen LogP contribution >= 0.6 is 0 Å². The van der Waals surface area contributed by atoms with E-state index in [1.807, 2.05) is 12.4 Å². The van der Waals surface area contributed by atoms with E-state index >= 15 is 0 Å². The summed E-state index contributed by atoms with van der Waals surface area (Å²) >= 11 is 0. The zero-order valence-electron chi connectivity index (χ0n) is 12.8. The number of aromatic nitrogens is 1. The van der Waals surface area contributed by atoms with Crippen LogP contribution in [0.15, 0.2) is 48.8 Å². The van der Waals surface area contributed by atoms with Crippen molar-refractivity contribution in [2.24, 2.45) is 0 Å². The van der Waals surface area contributed by atoms with Gasteiger partial charge in [-0.2, -0.15) is 0 Å². The normalized spacial score (nSPS) is 17.9. The first kappa shape index (κ1) is 14.3. The summed E-state index contributed by atoms with van der Waals surface area (Å²) in [6.45, 7) is 3.25. The molecule has 1 aromatic carbocycles. The van der Waals surface area contributed by atoms with Crippen LogP contribution in [0.25, 0.3) is 0 Å². The van der Waals surface area contributed by atoms with Crippen LogP contribution in [0.4, 0.5) is 0 Å². The average Bonchev–Trinajstić information content (AvgIpc) is 2.51. The molecule has 0 saturated heterocycles. The van der Waals surface area contributed by atoms with E-state index in [-0.39, 0.29) is 0 Å². The molecule has 0 aliphatic heterocycles. The maximum absolute atomic E-state index is 4.09. The highest BCUT2D eigenvalue weighted by Gasteiger charge is 2.27. The lowest BCUT2D eigenvalue weighted by atomic mass is 9.74. The minimum atomic E-state index is 0.613. The summed E-state index contributed by atoms with van der Waals surface area (Å²) in [5, 5.41) is 3.67. The van der Waals surface area contributed by atoms with Crippen molar-refractivity contribution in [1.29, 1.82) is 0 Å². The van der Waals surface area contributed by atoms with Crippen LogP contribution in [-0.2, 0) is 12.8 Å². The number of nitrogens with zero attached hydrogens (tertiary/aromatic N) is 1. The Morgan fingerprint density at radius 2 is 2.00 bits per heavy atom. The molecule has 0 bridgehead atoms. The van der Waals surface area contributed by atoms with Crippen molar-refractivity contribution in [3.8, 4) is 0 Å². The average molecular weight is 280 g/mol. The van der Waals surface area contributed by atoms with Crippen LogP contribution in [0.2, 0.25) is 0 Å². The van der Waals surface area contributed by atoms with Crippen molar-refractivity contribution < 1.29 is 0 Å². The Hall–Kier alpha value is -1.67. The van der Waals surface area contributed by atoms with Crippen molar-refractivity contribution in [2.75, 3.05) is 6.54 Å². The summed E-state index contributed by atoms with van der Waals surface area (Å²) in [5.41, 5.74) is 4.51. The van der Waals surface area contributed by atoms with Gasteiger partial charge in [0.1, 0.15) is 0 Å². The molecule has 21 heavy (non-hydrogen) atoms. The van der Waals surface area contributed by atoms with E-state index in [1.165, 1.54) is 24.8 Å². The van der Waals surface area contributed by atoms with Crippen molar-refractivity contribution in [2.45, 2.75) is 44.6 Å². The third kappa shape index (κ3) is 3.51. The fourth-order valence-corrected chi connectivity index (χ4v) is 3.40. The second-order valence-corrected chi connectivity index (χ2v) is 5.98. The molecule has 3 rings (SSSR count). The van der Waals surface area contributed by atoms with Gasteiger partial charge in [0.2, 0.25) is 0 Å². The molecule has 1 aromatic heterocycles. The van der Waals surface area contributed by atoms with Gasteiger partial charge in [0.25, 0.3) is 0 Å². The first-order chi connectivity index (χ1) is 10.4. The molecule has 1 heterocycles. The zero-order valence-corrected chi connectivity index (χ0v) is 12.8. The van der Waals surface area contributed by atoms with E-state index in [4.69, 9.17) is 0 Å². The lowest BCUT2D eigenvalue weighted by Crippen LogP contribution is -2.33. The quantitative estimate of drug-likeness (QED) is 0.836. The van der Waals surface area contributed by atoms with Crippen LogP contribution in [0.1, 0.15) is 42.4 Å². The summed E-state index contributed by atoms with van der Waals surface area (Å²) in [5.74, 6) is 0.752. The summed E-state index contributed by atoms with van der Waals surface area (Å²) in [7, 11) is 0. The van der Waals surface area contributed by atoms with Gasteiger partial charge in [-0.1, -0.05) is 31.2 Å². The zero-order chi connectivity index (χ0) is 14.5. The van der Waals surface area contributed by atoms with Gasteiger partial charge in [-0.3, -0.25) is 4.98 Å². The Labute approximate surface area is 127 Å². The molecule has 2 nitrogen and oxygen atoms in total. The van der Waals surface area contributed by atoms with Gasteiger partial charge in [-0.25, -0.2) is 0 Å². The number of benzene rings is 1. The fourth-order valence-electron chi connectivity index (χ4n) is 3.40. The van der Waals surface area contributed by atoms with Gasteiger partial charge >= 0.3 is 0 Å². The highest BCUT2D eigenvalue weighted by Crippen LogP contribution is 2.38. The lowest BCUT2D eigenvalue weighted by Gasteiger charge is -2.33. The number of pyridine rings is 1. The number of hydrogen-bond acceptors (Lipinski definition) is 2. The van der Waals surface area contributed by atoms with Gasteiger partial charge in [0.15, 0.2) is 0 Å². The van der Waals surface area contributed by atoms with Crippen LogP contribution < -0.4 is 5.32 Å². The Bertz CT molecular complexity index is 565. The highest BCUT2D eigenvalue weighted by atomic mass is 14.9. The standard InChI is InChI=1S/C19H24N2/c1-2-21-18(8-7-15-9-11-20-12-10-15)14-17-13-16-5-3-4-6-19(16)17/h3-6,9-12,17-18,21H,2,7-8,13-14H2,1H3.